The third-order valence-electron chi connectivity index (χ3n) is 4.79. The van der Waals surface area contributed by atoms with E-state index in [1.54, 1.807) is 0 Å². The van der Waals surface area contributed by atoms with E-state index in [0.717, 1.165) is 23.5 Å². The Labute approximate surface area is 126 Å². The molecule has 1 atom stereocenters. The summed E-state index contributed by atoms with van der Waals surface area (Å²) in [6.07, 6.45) is 8.01. The van der Waals surface area contributed by atoms with Gasteiger partial charge in [-0.3, -0.25) is 16.3 Å². The average molecular weight is 283 g/mol. The lowest BCUT2D eigenvalue weighted by Crippen LogP contribution is -2.28. The Kier molecular flexibility index (Phi) is 4.51. The fourth-order valence-electron chi connectivity index (χ4n) is 3.51. The van der Waals surface area contributed by atoms with Gasteiger partial charge in [-0.05, 0) is 49.4 Å². The zero-order valence-electron chi connectivity index (χ0n) is 12.8. The summed E-state index contributed by atoms with van der Waals surface area (Å²) in [5.74, 6) is 6.70. The topological polar surface area (TPSA) is 50.9 Å². The van der Waals surface area contributed by atoms with E-state index in [2.05, 4.69) is 40.7 Å². The molecule has 3 heteroatoms. The second-order valence-electron chi connectivity index (χ2n) is 6.35. The number of nitrogens with zero attached hydrogens (tertiary/aromatic N) is 1. The standard InChI is InChI=1S/C18H25N3/c1-13-6-8-15-12-16(9-11-17(15)20-13)18(21-19)10-7-14-4-2-3-5-14/h6,8-9,11-12,14,18,21H,2-5,7,10,19H2,1H3. The van der Waals surface area contributed by atoms with Crippen molar-refractivity contribution in [3.05, 3.63) is 41.6 Å². The quantitative estimate of drug-likeness (QED) is 0.643. The van der Waals surface area contributed by atoms with E-state index in [1.165, 1.54) is 43.1 Å². The first-order chi connectivity index (χ1) is 10.3. The molecule has 1 unspecified atom stereocenters. The van der Waals surface area contributed by atoms with Crippen molar-refractivity contribution >= 4 is 10.9 Å². The molecular weight excluding hydrogens is 258 g/mol. The predicted octanol–water partition coefficient (Wildman–Crippen LogP) is 4.02. The first-order valence-electron chi connectivity index (χ1n) is 8.09. The summed E-state index contributed by atoms with van der Waals surface area (Å²) >= 11 is 0. The highest BCUT2D eigenvalue weighted by Gasteiger charge is 2.18. The van der Waals surface area contributed by atoms with Gasteiger partial charge in [0.1, 0.15) is 0 Å². The van der Waals surface area contributed by atoms with Crippen molar-refractivity contribution in [1.82, 2.24) is 10.4 Å². The zero-order valence-corrected chi connectivity index (χ0v) is 12.8. The smallest absolute Gasteiger partial charge is 0.0705 e. The molecule has 0 aliphatic heterocycles. The number of nitrogens with one attached hydrogen (secondary N) is 1. The number of rotatable bonds is 5. The van der Waals surface area contributed by atoms with Crippen molar-refractivity contribution in [2.45, 2.75) is 51.5 Å². The lowest BCUT2D eigenvalue weighted by molar-refractivity contribution is 0.416. The summed E-state index contributed by atoms with van der Waals surface area (Å²) in [6.45, 7) is 2.03. The molecule has 1 aromatic heterocycles. The number of aromatic nitrogens is 1. The van der Waals surface area contributed by atoms with Crippen LogP contribution in [0.3, 0.4) is 0 Å². The van der Waals surface area contributed by atoms with Gasteiger partial charge in [-0.1, -0.05) is 37.8 Å². The molecular formula is C18H25N3. The van der Waals surface area contributed by atoms with Crippen LogP contribution >= 0.6 is 0 Å². The molecule has 2 aromatic rings. The monoisotopic (exact) mass is 283 g/mol. The van der Waals surface area contributed by atoms with Crippen LogP contribution in [-0.4, -0.2) is 4.98 Å². The Balaban J connectivity index is 1.74. The molecule has 21 heavy (non-hydrogen) atoms. The van der Waals surface area contributed by atoms with Crippen LogP contribution in [0.5, 0.6) is 0 Å². The summed E-state index contributed by atoms with van der Waals surface area (Å²) in [4.78, 5) is 4.56. The molecule has 0 spiro atoms. The molecule has 1 aliphatic carbocycles. The lowest BCUT2D eigenvalue weighted by atomic mass is 9.94. The summed E-state index contributed by atoms with van der Waals surface area (Å²) in [7, 11) is 0. The highest BCUT2D eigenvalue weighted by Crippen LogP contribution is 2.31. The third-order valence-corrected chi connectivity index (χ3v) is 4.79. The molecule has 0 bridgehead atoms. The Morgan fingerprint density at radius 2 is 2.05 bits per heavy atom. The summed E-state index contributed by atoms with van der Waals surface area (Å²) < 4.78 is 0. The van der Waals surface area contributed by atoms with Crippen molar-refractivity contribution in [1.29, 1.82) is 0 Å². The molecule has 0 radical (unpaired) electrons. The number of aryl methyl sites for hydroxylation is 1. The number of hydrogen-bond acceptors (Lipinski definition) is 3. The van der Waals surface area contributed by atoms with Gasteiger partial charge in [-0.15, -0.1) is 0 Å². The fraction of sp³-hybridized carbons (Fsp3) is 0.500. The molecule has 0 amide bonds. The van der Waals surface area contributed by atoms with E-state index in [-0.39, 0.29) is 6.04 Å². The number of benzene rings is 1. The third kappa shape index (κ3) is 3.42. The number of hydrogen-bond donors (Lipinski definition) is 2. The Hall–Kier alpha value is -1.45. The molecule has 1 fully saturated rings. The highest BCUT2D eigenvalue weighted by atomic mass is 15.2. The second-order valence-corrected chi connectivity index (χ2v) is 6.35. The van der Waals surface area contributed by atoms with Gasteiger partial charge in [0.2, 0.25) is 0 Å². The minimum Gasteiger partial charge on any atom is -0.271 e. The van der Waals surface area contributed by atoms with Gasteiger partial charge >= 0.3 is 0 Å². The minimum absolute atomic E-state index is 0.247. The van der Waals surface area contributed by atoms with E-state index in [4.69, 9.17) is 5.84 Å². The van der Waals surface area contributed by atoms with Gasteiger partial charge in [-0.2, -0.15) is 0 Å². The van der Waals surface area contributed by atoms with Gasteiger partial charge < -0.3 is 0 Å². The van der Waals surface area contributed by atoms with Crippen LogP contribution < -0.4 is 11.3 Å². The Morgan fingerprint density at radius 1 is 1.24 bits per heavy atom. The minimum atomic E-state index is 0.247. The molecule has 1 aliphatic rings. The van der Waals surface area contributed by atoms with Crippen molar-refractivity contribution in [2.75, 3.05) is 0 Å². The molecule has 1 saturated carbocycles. The van der Waals surface area contributed by atoms with E-state index in [1.807, 2.05) is 6.92 Å². The maximum Gasteiger partial charge on any atom is 0.0705 e. The number of pyridine rings is 1. The number of nitrogens with two attached hydrogens (primary N) is 1. The normalized spacial score (nSPS) is 17.4. The summed E-state index contributed by atoms with van der Waals surface area (Å²) in [5, 5.41) is 1.19. The fourth-order valence-corrected chi connectivity index (χ4v) is 3.51. The van der Waals surface area contributed by atoms with Crippen LogP contribution in [0.4, 0.5) is 0 Å². The SMILES string of the molecule is Cc1ccc2cc(C(CCC3CCCC3)NN)ccc2n1. The molecule has 1 heterocycles. The summed E-state index contributed by atoms with van der Waals surface area (Å²) in [6, 6.07) is 10.9. The maximum atomic E-state index is 5.79. The molecule has 0 saturated heterocycles. The largest absolute Gasteiger partial charge is 0.271 e. The maximum absolute atomic E-state index is 5.79. The van der Waals surface area contributed by atoms with Gasteiger partial charge in [-0.25, -0.2) is 0 Å². The van der Waals surface area contributed by atoms with E-state index in [9.17, 15) is 0 Å². The van der Waals surface area contributed by atoms with Gasteiger partial charge in [0.25, 0.3) is 0 Å². The zero-order chi connectivity index (χ0) is 14.7. The molecule has 3 nitrogen and oxygen atoms in total. The van der Waals surface area contributed by atoms with Crippen molar-refractivity contribution in [3.63, 3.8) is 0 Å². The van der Waals surface area contributed by atoms with Crippen LogP contribution in [0, 0.1) is 12.8 Å². The molecule has 3 N–H and O–H groups in total. The van der Waals surface area contributed by atoms with E-state index < -0.39 is 0 Å². The first-order valence-corrected chi connectivity index (χ1v) is 8.09. The van der Waals surface area contributed by atoms with E-state index in [0.29, 0.717) is 0 Å². The van der Waals surface area contributed by atoms with Gasteiger partial charge in [0.15, 0.2) is 0 Å². The average Bonchev–Trinajstić information content (AvgIpc) is 3.01. The van der Waals surface area contributed by atoms with E-state index >= 15 is 0 Å². The van der Waals surface area contributed by atoms with Crippen LogP contribution in [0.25, 0.3) is 10.9 Å². The first kappa shape index (κ1) is 14.5. The molecule has 1 aromatic carbocycles. The van der Waals surface area contributed by atoms with Crippen molar-refractivity contribution < 1.29 is 0 Å². The van der Waals surface area contributed by atoms with Crippen molar-refractivity contribution in [2.24, 2.45) is 11.8 Å². The van der Waals surface area contributed by atoms with Crippen LogP contribution in [0.1, 0.15) is 55.8 Å². The molecule has 112 valence electrons. The summed E-state index contributed by atoms with van der Waals surface area (Å²) in [5.41, 5.74) is 6.39. The van der Waals surface area contributed by atoms with Crippen molar-refractivity contribution in [3.8, 4) is 0 Å². The second kappa shape index (κ2) is 6.54. The number of hydrazine groups is 1. The van der Waals surface area contributed by atoms with Gasteiger partial charge in [0, 0.05) is 17.1 Å². The van der Waals surface area contributed by atoms with Crippen LogP contribution in [0.2, 0.25) is 0 Å². The van der Waals surface area contributed by atoms with Crippen LogP contribution in [-0.2, 0) is 0 Å². The van der Waals surface area contributed by atoms with Crippen LogP contribution in [0.15, 0.2) is 30.3 Å². The Bertz CT molecular complexity index is 602. The number of fused-ring (bicyclic) bond motifs is 1. The molecule has 3 rings (SSSR count). The lowest BCUT2D eigenvalue weighted by Gasteiger charge is -2.19. The Morgan fingerprint density at radius 3 is 2.81 bits per heavy atom. The van der Waals surface area contributed by atoms with Gasteiger partial charge in [0.05, 0.1) is 5.52 Å². The highest BCUT2D eigenvalue weighted by molar-refractivity contribution is 5.79. The predicted molar refractivity (Wildman–Crippen MR) is 87.7 cm³/mol.